The van der Waals surface area contributed by atoms with Gasteiger partial charge in [-0.15, -0.1) is 11.3 Å². The first-order chi connectivity index (χ1) is 13.6. The van der Waals surface area contributed by atoms with Gasteiger partial charge in [-0.3, -0.25) is 19.3 Å². The summed E-state index contributed by atoms with van der Waals surface area (Å²) in [5.41, 5.74) is 2.15. The SMILES string of the molecule is Cn1cc(-n2ccc3nc(Nc4cc(C(=O)NC5CC5)cs4)[nH]c(=O)c32)cn1. The average molecular weight is 395 g/mol. The number of amides is 1. The van der Waals surface area contributed by atoms with E-state index in [0.29, 0.717) is 28.6 Å². The van der Waals surface area contributed by atoms with Gasteiger partial charge in [0, 0.05) is 30.9 Å². The highest BCUT2D eigenvalue weighted by Crippen LogP contribution is 2.25. The molecule has 0 spiro atoms. The van der Waals surface area contributed by atoms with Crippen molar-refractivity contribution in [3.8, 4) is 5.69 Å². The maximum absolute atomic E-state index is 12.6. The number of hydrogen-bond acceptors (Lipinski definition) is 6. The van der Waals surface area contributed by atoms with Crippen LogP contribution >= 0.6 is 11.3 Å². The van der Waals surface area contributed by atoms with Crippen LogP contribution in [0.25, 0.3) is 16.7 Å². The minimum Gasteiger partial charge on any atom is -0.349 e. The zero-order chi connectivity index (χ0) is 19.3. The second-order valence-electron chi connectivity index (χ2n) is 6.78. The number of anilines is 2. The normalized spacial score (nSPS) is 13.8. The lowest BCUT2D eigenvalue weighted by atomic mass is 10.3. The zero-order valence-electron chi connectivity index (χ0n) is 15.0. The van der Waals surface area contributed by atoms with Crippen LogP contribution in [-0.2, 0) is 7.05 Å². The van der Waals surface area contributed by atoms with Gasteiger partial charge in [0.1, 0.15) is 5.52 Å². The zero-order valence-corrected chi connectivity index (χ0v) is 15.8. The highest BCUT2D eigenvalue weighted by atomic mass is 32.1. The van der Waals surface area contributed by atoms with Crippen molar-refractivity contribution in [3.63, 3.8) is 0 Å². The minimum absolute atomic E-state index is 0.0720. The topological polar surface area (TPSA) is 110 Å². The molecule has 0 bridgehead atoms. The highest BCUT2D eigenvalue weighted by molar-refractivity contribution is 7.14. The van der Waals surface area contributed by atoms with Gasteiger partial charge >= 0.3 is 0 Å². The largest absolute Gasteiger partial charge is 0.349 e. The van der Waals surface area contributed by atoms with Crippen molar-refractivity contribution in [3.05, 3.63) is 52.0 Å². The molecule has 9 nitrogen and oxygen atoms in total. The summed E-state index contributed by atoms with van der Waals surface area (Å²) < 4.78 is 3.43. The van der Waals surface area contributed by atoms with E-state index in [0.717, 1.165) is 23.5 Å². The molecule has 1 fully saturated rings. The van der Waals surface area contributed by atoms with Crippen molar-refractivity contribution in [2.75, 3.05) is 5.32 Å². The van der Waals surface area contributed by atoms with Crippen molar-refractivity contribution < 1.29 is 4.79 Å². The third kappa shape index (κ3) is 3.07. The van der Waals surface area contributed by atoms with Gasteiger partial charge in [0.05, 0.1) is 28.0 Å². The van der Waals surface area contributed by atoms with Crippen LogP contribution in [0.3, 0.4) is 0 Å². The first-order valence-corrected chi connectivity index (χ1v) is 9.71. The lowest BCUT2D eigenvalue weighted by Gasteiger charge is -2.04. The van der Waals surface area contributed by atoms with Gasteiger partial charge in [0.2, 0.25) is 5.95 Å². The van der Waals surface area contributed by atoms with E-state index in [1.165, 1.54) is 11.3 Å². The fraction of sp³-hybridized carbons (Fsp3) is 0.222. The van der Waals surface area contributed by atoms with Crippen LogP contribution in [0.1, 0.15) is 23.2 Å². The molecule has 4 aromatic heterocycles. The molecule has 1 amide bonds. The average Bonchev–Trinajstić information content (AvgIpc) is 3.06. The molecule has 0 radical (unpaired) electrons. The predicted molar refractivity (Wildman–Crippen MR) is 107 cm³/mol. The first-order valence-electron chi connectivity index (χ1n) is 8.83. The smallest absolute Gasteiger partial charge is 0.277 e. The highest BCUT2D eigenvalue weighted by Gasteiger charge is 2.24. The Kier molecular flexibility index (Phi) is 3.79. The maximum atomic E-state index is 12.6. The summed E-state index contributed by atoms with van der Waals surface area (Å²) in [6.45, 7) is 0. The quantitative estimate of drug-likeness (QED) is 0.480. The maximum Gasteiger partial charge on any atom is 0.277 e. The molecular weight excluding hydrogens is 378 g/mol. The summed E-state index contributed by atoms with van der Waals surface area (Å²) in [5, 5.41) is 12.7. The molecule has 1 aliphatic rings. The molecule has 0 unspecified atom stereocenters. The van der Waals surface area contributed by atoms with Crippen LogP contribution in [0.15, 0.2) is 40.9 Å². The van der Waals surface area contributed by atoms with Crippen molar-refractivity contribution >= 4 is 39.2 Å². The monoisotopic (exact) mass is 395 g/mol. The Morgan fingerprint density at radius 1 is 1.39 bits per heavy atom. The number of carbonyl (C=O) groups is 1. The van der Waals surface area contributed by atoms with Crippen molar-refractivity contribution in [2.45, 2.75) is 18.9 Å². The summed E-state index contributed by atoms with van der Waals surface area (Å²) in [5.74, 6) is 0.259. The second kappa shape index (κ2) is 6.34. The Labute approximate surface area is 163 Å². The van der Waals surface area contributed by atoms with Gasteiger partial charge in [-0.05, 0) is 25.0 Å². The standard InChI is InChI=1S/C18H17N7O2S/c1-24-8-12(7-19-24)25-5-4-13-15(25)17(27)23-18(21-13)22-14-6-10(9-28-14)16(26)20-11-2-3-11/h4-9,11H,2-3H2,1H3,(H,20,26)(H2,21,22,23,27). The van der Waals surface area contributed by atoms with Gasteiger partial charge in [-0.25, -0.2) is 4.98 Å². The Hall–Kier alpha value is -3.40. The fourth-order valence-electron chi connectivity index (χ4n) is 2.99. The molecule has 142 valence electrons. The van der Waals surface area contributed by atoms with Gasteiger partial charge in [0.25, 0.3) is 11.5 Å². The molecule has 3 N–H and O–H groups in total. The number of aromatic nitrogens is 5. The number of nitrogens with one attached hydrogen (secondary N) is 3. The van der Waals surface area contributed by atoms with Gasteiger partial charge in [0.15, 0.2) is 0 Å². The van der Waals surface area contributed by atoms with Gasteiger partial charge in [-0.2, -0.15) is 5.10 Å². The first kappa shape index (κ1) is 16.8. The van der Waals surface area contributed by atoms with Crippen LogP contribution in [-0.4, -0.2) is 36.3 Å². The van der Waals surface area contributed by atoms with E-state index < -0.39 is 0 Å². The molecule has 5 rings (SSSR count). The van der Waals surface area contributed by atoms with Crippen molar-refractivity contribution in [1.29, 1.82) is 0 Å². The van der Waals surface area contributed by atoms with E-state index in [-0.39, 0.29) is 11.5 Å². The van der Waals surface area contributed by atoms with E-state index >= 15 is 0 Å². The van der Waals surface area contributed by atoms with Crippen LogP contribution in [0, 0.1) is 0 Å². The molecule has 28 heavy (non-hydrogen) atoms. The fourth-order valence-corrected chi connectivity index (χ4v) is 3.77. The number of thiophene rings is 1. The Bertz CT molecular complexity index is 1240. The number of carbonyl (C=O) groups excluding carboxylic acids is 1. The van der Waals surface area contributed by atoms with Crippen molar-refractivity contribution in [2.24, 2.45) is 7.05 Å². The molecule has 4 aromatic rings. The molecule has 0 aromatic carbocycles. The van der Waals surface area contributed by atoms with E-state index in [4.69, 9.17) is 0 Å². The van der Waals surface area contributed by atoms with E-state index in [2.05, 4.69) is 25.7 Å². The lowest BCUT2D eigenvalue weighted by Crippen LogP contribution is -2.24. The predicted octanol–water partition coefficient (Wildman–Crippen LogP) is 2.14. The number of hydrogen-bond donors (Lipinski definition) is 3. The third-order valence-electron chi connectivity index (χ3n) is 4.53. The Morgan fingerprint density at radius 3 is 3.00 bits per heavy atom. The summed E-state index contributed by atoms with van der Waals surface area (Å²) in [4.78, 5) is 32.0. The summed E-state index contributed by atoms with van der Waals surface area (Å²) in [6.07, 6.45) is 7.39. The second-order valence-corrected chi connectivity index (χ2v) is 7.69. The van der Waals surface area contributed by atoms with Gasteiger partial charge in [-0.1, -0.05) is 0 Å². The van der Waals surface area contributed by atoms with Crippen molar-refractivity contribution in [1.82, 2.24) is 29.6 Å². The number of fused-ring (bicyclic) bond motifs is 1. The van der Waals surface area contributed by atoms with E-state index in [9.17, 15) is 9.59 Å². The molecule has 1 saturated carbocycles. The molecule has 1 aliphatic carbocycles. The molecule has 0 saturated heterocycles. The summed E-state index contributed by atoms with van der Waals surface area (Å²) >= 11 is 1.39. The summed E-state index contributed by atoms with van der Waals surface area (Å²) in [6, 6.07) is 3.85. The Balaban J connectivity index is 1.42. The number of nitrogens with zero attached hydrogens (tertiary/aromatic N) is 4. The van der Waals surface area contributed by atoms with E-state index in [1.807, 2.05) is 13.2 Å². The molecular formula is C18H17N7O2S. The lowest BCUT2D eigenvalue weighted by molar-refractivity contribution is 0.0951. The number of rotatable bonds is 5. The molecule has 0 aliphatic heterocycles. The van der Waals surface area contributed by atoms with E-state index in [1.54, 1.807) is 39.2 Å². The third-order valence-corrected chi connectivity index (χ3v) is 5.38. The molecule has 0 atom stereocenters. The molecule has 10 heteroatoms. The van der Waals surface area contributed by atoms with Crippen LogP contribution in [0.4, 0.5) is 10.9 Å². The Morgan fingerprint density at radius 2 is 2.25 bits per heavy atom. The summed E-state index contributed by atoms with van der Waals surface area (Å²) in [7, 11) is 1.82. The minimum atomic E-state index is -0.260. The van der Waals surface area contributed by atoms with Crippen LogP contribution < -0.4 is 16.2 Å². The van der Waals surface area contributed by atoms with Crippen LogP contribution in [0.2, 0.25) is 0 Å². The number of aromatic amines is 1. The number of aryl methyl sites for hydroxylation is 1. The number of H-pyrrole nitrogens is 1. The molecule has 4 heterocycles. The van der Waals surface area contributed by atoms with Gasteiger partial charge < -0.3 is 15.2 Å². The van der Waals surface area contributed by atoms with Crippen LogP contribution in [0.5, 0.6) is 0 Å².